The van der Waals surface area contributed by atoms with Gasteiger partial charge in [-0.25, -0.2) is 18.6 Å². The first-order chi connectivity index (χ1) is 15.0. The van der Waals surface area contributed by atoms with Crippen LogP contribution in [0.4, 0.5) is 20.3 Å². The third-order valence-corrected chi connectivity index (χ3v) is 5.96. The number of anilines is 2. The summed E-state index contributed by atoms with van der Waals surface area (Å²) in [6, 6.07) is 11.8. The van der Waals surface area contributed by atoms with E-state index in [4.69, 9.17) is 0 Å². The Morgan fingerprint density at radius 2 is 1.77 bits per heavy atom. The number of hydrogen-bond donors (Lipinski definition) is 2. The number of carbonyl (C=O) groups is 1. The van der Waals surface area contributed by atoms with Gasteiger partial charge in [-0.3, -0.25) is 0 Å². The third-order valence-electron chi connectivity index (χ3n) is 5.96. The van der Waals surface area contributed by atoms with Gasteiger partial charge >= 0.3 is 5.97 Å². The monoisotopic (exact) mass is 420 g/mol. The summed E-state index contributed by atoms with van der Waals surface area (Å²) in [5.41, 5.74) is 2.68. The number of rotatable bonds is 7. The predicted molar refractivity (Wildman–Crippen MR) is 115 cm³/mol. The van der Waals surface area contributed by atoms with E-state index < -0.39 is 23.3 Å². The Kier molecular flexibility index (Phi) is 4.93. The van der Waals surface area contributed by atoms with Crippen LogP contribution in [-0.2, 0) is 6.42 Å². The standard InChI is InChI=1S/C25H22F2N2O2/c26-21-11-18(17-3-1-2-15(9-17)8-14-4-5-14)12-22(27)23(21)29-24-20(25(30)31)10-19(13-28-24)16-6-7-16/h1-3,9-14,16H,4-8H2,(H,28,29)(H,30,31). The van der Waals surface area contributed by atoms with Crippen LogP contribution >= 0.6 is 0 Å². The van der Waals surface area contributed by atoms with Crippen LogP contribution in [-0.4, -0.2) is 16.1 Å². The van der Waals surface area contributed by atoms with Crippen LogP contribution in [0.15, 0.2) is 48.7 Å². The highest BCUT2D eigenvalue weighted by Gasteiger charge is 2.26. The van der Waals surface area contributed by atoms with Gasteiger partial charge in [0.05, 0.1) is 0 Å². The van der Waals surface area contributed by atoms with Crippen molar-refractivity contribution >= 4 is 17.5 Å². The van der Waals surface area contributed by atoms with Crippen LogP contribution in [0.2, 0.25) is 0 Å². The molecule has 3 aromatic rings. The molecule has 158 valence electrons. The summed E-state index contributed by atoms with van der Waals surface area (Å²) in [5.74, 6) is -1.82. The van der Waals surface area contributed by atoms with Crippen molar-refractivity contribution in [2.45, 2.75) is 38.0 Å². The third kappa shape index (κ3) is 4.29. The highest BCUT2D eigenvalue weighted by Crippen LogP contribution is 2.41. The van der Waals surface area contributed by atoms with Crippen molar-refractivity contribution in [2.75, 3.05) is 5.32 Å². The van der Waals surface area contributed by atoms with Gasteiger partial charge in [0.25, 0.3) is 0 Å². The Bertz CT molecular complexity index is 1150. The van der Waals surface area contributed by atoms with Gasteiger partial charge in [0, 0.05) is 6.20 Å². The molecule has 1 heterocycles. The van der Waals surface area contributed by atoms with Crippen molar-refractivity contribution in [1.29, 1.82) is 0 Å². The summed E-state index contributed by atoms with van der Waals surface area (Å²) >= 11 is 0. The molecule has 0 radical (unpaired) electrons. The molecule has 0 unspecified atom stereocenters. The van der Waals surface area contributed by atoms with E-state index in [0.29, 0.717) is 11.5 Å². The van der Waals surface area contributed by atoms with Gasteiger partial charge in [-0.15, -0.1) is 0 Å². The van der Waals surface area contributed by atoms with E-state index in [2.05, 4.69) is 10.3 Å². The molecule has 0 saturated heterocycles. The fraction of sp³-hybridized carbons (Fsp3) is 0.280. The number of hydrogen-bond acceptors (Lipinski definition) is 3. The highest BCUT2D eigenvalue weighted by atomic mass is 19.1. The summed E-state index contributed by atoms with van der Waals surface area (Å²) in [7, 11) is 0. The Balaban J connectivity index is 1.44. The SMILES string of the molecule is O=C(O)c1cc(C2CC2)cnc1Nc1c(F)cc(-c2cccc(CC3CC3)c2)cc1F. The van der Waals surface area contributed by atoms with Gasteiger partial charge in [0.1, 0.15) is 28.7 Å². The number of aromatic carboxylic acids is 1. The molecule has 0 bridgehead atoms. The lowest BCUT2D eigenvalue weighted by Gasteiger charge is -2.13. The zero-order valence-corrected chi connectivity index (χ0v) is 16.9. The summed E-state index contributed by atoms with van der Waals surface area (Å²) in [4.78, 5) is 15.8. The molecule has 0 atom stereocenters. The molecule has 6 heteroatoms. The minimum atomic E-state index is -1.19. The van der Waals surface area contributed by atoms with Crippen LogP contribution in [0.3, 0.4) is 0 Å². The lowest BCUT2D eigenvalue weighted by atomic mass is 10.00. The Morgan fingerprint density at radius 3 is 2.42 bits per heavy atom. The Morgan fingerprint density at radius 1 is 1.03 bits per heavy atom. The molecule has 2 N–H and O–H groups in total. The van der Waals surface area contributed by atoms with Crippen molar-refractivity contribution in [3.63, 3.8) is 0 Å². The van der Waals surface area contributed by atoms with E-state index in [1.165, 1.54) is 31.0 Å². The van der Waals surface area contributed by atoms with Gasteiger partial charge in [0.2, 0.25) is 0 Å². The minimum Gasteiger partial charge on any atom is -0.478 e. The molecule has 2 fully saturated rings. The smallest absolute Gasteiger partial charge is 0.339 e. The summed E-state index contributed by atoms with van der Waals surface area (Å²) in [5, 5.41) is 12.1. The number of halogens is 2. The lowest BCUT2D eigenvalue weighted by Crippen LogP contribution is -2.08. The number of nitrogens with one attached hydrogen (secondary N) is 1. The topological polar surface area (TPSA) is 62.2 Å². The largest absolute Gasteiger partial charge is 0.478 e. The van der Waals surface area contributed by atoms with Crippen molar-refractivity contribution in [1.82, 2.24) is 4.98 Å². The van der Waals surface area contributed by atoms with E-state index in [0.717, 1.165) is 41.9 Å². The van der Waals surface area contributed by atoms with E-state index in [-0.39, 0.29) is 11.4 Å². The molecule has 0 aliphatic heterocycles. The molecule has 4 nitrogen and oxygen atoms in total. The van der Waals surface area contributed by atoms with E-state index in [1.807, 2.05) is 24.3 Å². The average molecular weight is 420 g/mol. The minimum absolute atomic E-state index is 0.0751. The molecule has 2 saturated carbocycles. The van der Waals surface area contributed by atoms with E-state index in [1.54, 1.807) is 6.20 Å². The van der Waals surface area contributed by atoms with E-state index in [9.17, 15) is 18.7 Å². The second-order valence-corrected chi connectivity index (χ2v) is 8.53. The van der Waals surface area contributed by atoms with Crippen molar-refractivity contribution in [3.8, 4) is 11.1 Å². The van der Waals surface area contributed by atoms with Gasteiger partial charge in [-0.1, -0.05) is 24.3 Å². The number of aromatic nitrogens is 1. The molecular weight excluding hydrogens is 398 g/mol. The maximum absolute atomic E-state index is 14.9. The van der Waals surface area contributed by atoms with Crippen LogP contribution < -0.4 is 5.32 Å². The first kappa shape index (κ1) is 19.7. The van der Waals surface area contributed by atoms with Crippen molar-refractivity contribution in [3.05, 3.63) is 77.0 Å². The summed E-state index contributed by atoms with van der Waals surface area (Å²) < 4.78 is 29.8. The maximum Gasteiger partial charge on any atom is 0.339 e. The highest BCUT2D eigenvalue weighted by molar-refractivity contribution is 5.94. The Hall–Kier alpha value is -3.28. The fourth-order valence-corrected chi connectivity index (χ4v) is 3.89. The van der Waals surface area contributed by atoms with E-state index >= 15 is 0 Å². The summed E-state index contributed by atoms with van der Waals surface area (Å²) in [6.45, 7) is 0. The molecular formula is C25H22F2N2O2. The average Bonchev–Trinajstić information content (AvgIpc) is 3.65. The first-order valence-electron chi connectivity index (χ1n) is 10.6. The molecule has 1 aromatic heterocycles. The summed E-state index contributed by atoms with van der Waals surface area (Å²) in [6.07, 6.45) is 7.03. The lowest BCUT2D eigenvalue weighted by molar-refractivity contribution is 0.0697. The van der Waals surface area contributed by atoms with Crippen LogP contribution in [0.25, 0.3) is 11.1 Å². The maximum atomic E-state index is 14.9. The molecule has 2 aliphatic rings. The van der Waals surface area contributed by atoms with Gasteiger partial charge < -0.3 is 10.4 Å². The molecule has 2 aliphatic carbocycles. The van der Waals surface area contributed by atoms with Crippen LogP contribution in [0.1, 0.15) is 53.1 Å². The zero-order chi connectivity index (χ0) is 21.5. The molecule has 0 spiro atoms. The predicted octanol–water partition coefficient (Wildman–Crippen LogP) is 6.30. The van der Waals surface area contributed by atoms with Crippen LogP contribution in [0.5, 0.6) is 0 Å². The van der Waals surface area contributed by atoms with Gasteiger partial charge in [-0.05, 0) is 84.4 Å². The van der Waals surface area contributed by atoms with Crippen molar-refractivity contribution in [2.24, 2.45) is 5.92 Å². The molecule has 0 amide bonds. The molecule has 2 aromatic carbocycles. The fourth-order valence-electron chi connectivity index (χ4n) is 3.89. The number of nitrogens with zero attached hydrogens (tertiary/aromatic N) is 1. The zero-order valence-electron chi connectivity index (χ0n) is 16.9. The first-order valence-corrected chi connectivity index (χ1v) is 10.6. The van der Waals surface area contributed by atoms with Crippen molar-refractivity contribution < 1.29 is 18.7 Å². The number of carboxylic acids is 1. The van der Waals surface area contributed by atoms with Gasteiger partial charge in [0.15, 0.2) is 0 Å². The normalized spacial score (nSPS) is 15.7. The molecule has 31 heavy (non-hydrogen) atoms. The number of benzene rings is 2. The van der Waals surface area contributed by atoms with Crippen LogP contribution in [0, 0.1) is 17.6 Å². The second-order valence-electron chi connectivity index (χ2n) is 8.53. The number of pyridine rings is 1. The second kappa shape index (κ2) is 7.76. The quantitative estimate of drug-likeness (QED) is 0.471. The van der Waals surface area contributed by atoms with Gasteiger partial charge in [-0.2, -0.15) is 0 Å². The number of carboxylic acid groups (broad SMARTS) is 1. The molecule has 5 rings (SSSR count). The Labute approximate surface area is 179 Å².